The van der Waals surface area contributed by atoms with Crippen molar-refractivity contribution in [2.24, 2.45) is 13.0 Å². The summed E-state index contributed by atoms with van der Waals surface area (Å²) in [4.78, 5) is 32.2. The molecule has 11 heteroatoms. The van der Waals surface area contributed by atoms with Gasteiger partial charge in [-0.25, -0.2) is 4.68 Å². The molecule has 0 spiro atoms. The van der Waals surface area contributed by atoms with Crippen LogP contribution in [0.2, 0.25) is 0 Å². The number of carbonyl (C=O) groups is 1. The first-order valence-corrected chi connectivity index (χ1v) is 15.7. The van der Waals surface area contributed by atoms with Gasteiger partial charge in [0.15, 0.2) is 17.3 Å². The van der Waals surface area contributed by atoms with Gasteiger partial charge in [0, 0.05) is 76.1 Å². The van der Waals surface area contributed by atoms with E-state index in [4.69, 9.17) is 18.9 Å². The number of aliphatic hydroxyl groups is 1. The first-order chi connectivity index (χ1) is 21.9. The monoisotopic (exact) mass is 618 g/mol. The second-order valence-electron chi connectivity index (χ2n) is 11.8. The summed E-state index contributed by atoms with van der Waals surface area (Å²) >= 11 is 0. The van der Waals surface area contributed by atoms with Crippen LogP contribution in [0, 0.1) is 12.8 Å². The average Bonchev–Trinajstić information content (AvgIpc) is 3.61. The molecule has 4 heterocycles. The summed E-state index contributed by atoms with van der Waals surface area (Å²) in [6, 6.07) is 15.5. The standard InChI is InChI=1S/C34H42N4O7/c1-4-42-34-26(11-8-18-39)27(31-23(2)35(3)38(33(31)41)25-9-6-5-7-10-25)20-30(45-34)32(40)37-16-14-36(15-17-37)21-24-12-13-28-29(19-24)44-22-43-28/h5-7,9-10,12-13,19-20,26-27,34,39H,4,8,11,14-18,21-22H2,1-3H3/t26-,27-,34+/m1/s1. The first kappa shape index (κ1) is 30.9. The molecule has 1 saturated heterocycles. The Labute approximate surface area is 263 Å². The zero-order valence-corrected chi connectivity index (χ0v) is 26.2. The smallest absolute Gasteiger partial charge is 0.288 e. The molecular weight excluding hydrogens is 576 g/mol. The normalized spacial score (nSPS) is 21.5. The van der Waals surface area contributed by atoms with Crippen molar-refractivity contribution >= 4 is 5.91 Å². The van der Waals surface area contributed by atoms with E-state index in [2.05, 4.69) is 4.90 Å². The minimum Gasteiger partial charge on any atom is -0.459 e. The van der Waals surface area contributed by atoms with Crippen LogP contribution in [-0.4, -0.2) is 82.7 Å². The molecule has 3 aromatic rings. The fraction of sp³-hybridized carbons (Fsp3) is 0.471. The lowest BCUT2D eigenvalue weighted by Gasteiger charge is -2.39. The molecule has 0 bridgehead atoms. The van der Waals surface area contributed by atoms with E-state index in [0.29, 0.717) is 51.2 Å². The Kier molecular flexibility index (Phi) is 9.29. The van der Waals surface area contributed by atoms with Crippen LogP contribution < -0.4 is 15.0 Å². The number of hydrogen-bond donors (Lipinski definition) is 1. The molecule has 3 aliphatic heterocycles. The second kappa shape index (κ2) is 13.5. The number of rotatable bonds is 10. The molecule has 1 aromatic heterocycles. The number of hydrogen-bond acceptors (Lipinski definition) is 8. The minimum absolute atomic E-state index is 0.0100. The van der Waals surface area contributed by atoms with Gasteiger partial charge in [0.05, 0.1) is 5.69 Å². The van der Waals surface area contributed by atoms with Gasteiger partial charge in [-0.15, -0.1) is 0 Å². The number of carbonyl (C=O) groups excluding carboxylic acids is 1. The molecule has 3 aliphatic rings. The van der Waals surface area contributed by atoms with Crippen molar-refractivity contribution in [2.75, 3.05) is 46.2 Å². The predicted molar refractivity (Wildman–Crippen MR) is 167 cm³/mol. The number of ether oxygens (including phenoxy) is 4. The number of allylic oxidation sites excluding steroid dienone is 1. The van der Waals surface area contributed by atoms with E-state index in [-0.39, 0.29) is 36.5 Å². The van der Waals surface area contributed by atoms with Crippen molar-refractivity contribution in [2.45, 2.75) is 45.4 Å². The number of nitrogens with zero attached hydrogens (tertiary/aromatic N) is 4. The van der Waals surface area contributed by atoms with E-state index in [1.54, 1.807) is 4.68 Å². The van der Waals surface area contributed by atoms with Crippen molar-refractivity contribution in [1.82, 2.24) is 19.2 Å². The number of amides is 1. The number of piperazine rings is 1. The number of fused-ring (bicyclic) bond motifs is 1. The van der Waals surface area contributed by atoms with Gasteiger partial charge in [-0.05, 0) is 62.6 Å². The van der Waals surface area contributed by atoms with Crippen LogP contribution >= 0.6 is 0 Å². The van der Waals surface area contributed by atoms with Gasteiger partial charge < -0.3 is 29.0 Å². The maximum absolute atomic E-state index is 14.1. The second-order valence-corrected chi connectivity index (χ2v) is 11.8. The molecule has 2 aromatic carbocycles. The molecule has 0 saturated carbocycles. The summed E-state index contributed by atoms with van der Waals surface area (Å²) < 4.78 is 26.8. The van der Waals surface area contributed by atoms with Crippen LogP contribution in [0.5, 0.6) is 11.5 Å². The molecule has 0 unspecified atom stereocenters. The Hall–Kier alpha value is -4.06. The van der Waals surface area contributed by atoms with Gasteiger partial charge in [0.2, 0.25) is 13.1 Å². The molecule has 11 nitrogen and oxygen atoms in total. The van der Waals surface area contributed by atoms with E-state index in [0.717, 1.165) is 35.0 Å². The Balaban J connectivity index is 1.25. The Morgan fingerprint density at radius 1 is 1.04 bits per heavy atom. The lowest BCUT2D eigenvalue weighted by atomic mass is 9.80. The van der Waals surface area contributed by atoms with Gasteiger partial charge in [0.1, 0.15) is 0 Å². The van der Waals surface area contributed by atoms with Gasteiger partial charge in [-0.3, -0.25) is 19.2 Å². The fourth-order valence-electron chi connectivity index (χ4n) is 6.63. The lowest BCUT2D eigenvalue weighted by Crippen LogP contribution is -2.50. The number of benzene rings is 2. The van der Waals surface area contributed by atoms with E-state index in [1.165, 1.54) is 0 Å². The molecule has 45 heavy (non-hydrogen) atoms. The van der Waals surface area contributed by atoms with E-state index in [1.807, 2.05) is 85.1 Å². The summed E-state index contributed by atoms with van der Waals surface area (Å²) in [7, 11) is 1.87. The fourth-order valence-corrected chi connectivity index (χ4v) is 6.63. The highest BCUT2D eigenvalue weighted by atomic mass is 16.7. The first-order valence-electron chi connectivity index (χ1n) is 15.7. The van der Waals surface area contributed by atoms with Crippen LogP contribution in [0.3, 0.4) is 0 Å². The number of para-hydroxylation sites is 1. The third-order valence-electron chi connectivity index (χ3n) is 9.06. The van der Waals surface area contributed by atoms with E-state index >= 15 is 0 Å². The summed E-state index contributed by atoms with van der Waals surface area (Å²) in [6.45, 7) is 7.73. The van der Waals surface area contributed by atoms with Crippen molar-refractivity contribution in [3.8, 4) is 17.2 Å². The molecule has 1 amide bonds. The molecule has 0 aliphatic carbocycles. The lowest BCUT2D eigenvalue weighted by molar-refractivity contribution is -0.171. The molecule has 240 valence electrons. The topological polar surface area (TPSA) is 108 Å². The van der Waals surface area contributed by atoms with Gasteiger partial charge >= 0.3 is 0 Å². The number of aliphatic hydroxyl groups excluding tert-OH is 1. The van der Waals surface area contributed by atoms with Gasteiger partial charge in [0.25, 0.3) is 11.5 Å². The van der Waals surface area contributed by atoms with E-state index < -0.39 is 12.2 Å². The van der Waals surface area contributed by atoms with Crippen LogP contribution in [0.15, 0.2) is 65.2 Å². The van der Waals surface area contributed by atoms with Crippen molar-refractivity contribution in [3.63, 3.8) is 0 Å². The largest absolute Gasteiger partial charge is 0.459 e. The minimum atomic E-state index is -0.730. The zero-order chi connectivity index (χ0) is 31.5. The van der Waals surface area contributed by atoms with Gasteiger partial charge in [-0.2, -0.15) is 0 Å². The summed E-state index contributed by atoms with van der Waals surface area (Å²) in [5.74, 6) is 0.841. The summed E-state index contributed by atoms with van der Waals surface area (Å²) in [6.07, 6.45) is 2.18. The van der Waals surface area contributed by atoms with Crippen LogP contribution in [-0.2, 0) is 27.9 Å². The van der Waals surface area contributed by atoms with Crippen molar-refractivity contribution in [1.29, 1.82) is 0 Å². The molecule has 0 radical (unpaired) electrons. The highest BCUT2D eigenvalue weighted by molar-refractivity contribution is 5.92. The molecule has 1 N–H and O–H groups in total. The summed E-state index contributed by atoms with van der Waals surface area (Å²) in [5.41, 5.74) is 3.17. The van der Waals surface area contributed by atoms with Crippen LogP contribution in [0.4, 0.5) is 0 Å². The number of aromatic nitrogens is 2. The van der Waals surface area contributed by atoms with Gasteiger partial charge in [-0.1, -0.05) is 24.3 Å². The van der Waals surface area contributed by atoms with E-state index in [9.17, 15) is 14.7 Å². The Bertz CT molecular complexity index is 1590. The van der Waals surface area contributed by atoms with Crippen LogP contribution in [0.25, 0.3) is 5.69 Å². The highest BCUT2D eigenvalue weighted by Gasteiger charge is 2.41. The SMILES string of the molecule is CCO[C@H]1OC(C(=O)N2CCN(Cc3ccc4c(c3)OCO4)CC2)=C[C@@H](c2c(C)n(C)n(-c3ccccc3)c2=O)[C@H]1CCCO. The molecule has 1 fully saturated rings. The Morgan fingerprint density at radius 3 is 2.53 bits per heavy atom. The predicted octanol–water partition coefficient (Wildman–Crippen LogP) is 3.31. The molecule has 6 rings (SSSR count). The molecular formula is C34H42N4O7. The Morgan fingerprint density at radius 2 is 1.80 bits per heavy atom. The quantitative estimate of drug-likeness (QED) is 0.369. The summed E-state index contributed by atoms with van der Waals surface area (Å²) in [5, 5.41) is 9.70. The zero-order valence-electron chi connectivity index (χ0n) is 26.2. The molecule has 3 atom stereocenters. The van der Waals surface area contributed by atoms with Crippen molar-refractivity contribution in [3.05, 3.63) is 87.5 Å². The maximum Gasteiger partial charge on any atom is 0.288 e. The van der Waals surface area contributed by atoms with Crippen molar-refractivity contribution < 1.29 is 28.8 Å². The average molecular weight is 619 g/mol. The third-order valence-corrected chi connectivity index (χ3v) is 9.06. The van der Waals surface area contributed by atoms with Crippen LogP contribution in [0.1, 0.15) is 42.5 Å². The third kappa shape index (κ3) is 6.25. The maximum atomic E-state index is 14.1. The highest BCUT2D eigenvalue weighted by Crippen LogP contribution is 2.40.